The van der Waals surface area contributed by atoms with E-state index < -0.39 is 34.6 Å². The van der Waals surface area contributed by atoms with Crippen LogP contribution in [0.25, 0.3) is 0 Å². The van der Waals surface area contributed by atoms with Crippen LogP contribution in [0.1, 0.15) is 106 Å². The lowest BCUT2D eigenvalue weighted by Gasteiger charge is -2.45. The molecule has 8 nitrogen and oxygen atoms in total. The van der Waals surface area contributed by atoms with Crippen molar-refractivity contribution in [2.24, 2.45) is 17.3 Å². The first-order valence-electron chi connectivity index (χ1n) is 16.1. The van der Waals surface area contributed by atoms with E-state index in [1.54, 1.807) is 11.0 Å². The molecule has 0 aromatic heterocycles. The summed E-state index contributed by atoms with van der Waals surface area (Å²) in [6, 6.07) is -0.831. The number of fused-ring (bicyclic) bond motifs is 1. The smallest absolute Gasteiger partial charge is 0.312 e. The van der Waals surface area contributed by atoms with Crippen LogP contribution in [0.4, 0.5) is 0 Å². The zero-order valence-electron chi connectivity index (χ0n) is 27.1. The van der Waals surface area contributed by atoms with Gasteiger partial charge in [0, 0.05) is 25.2 Å². The van der Waals surface area contributed by atoms with Gasteiger partial charge in [-0.2, -0.15) is 0 Å². The van der Waals surface area contributed by atoms with Crippen LogP contribution in [0.15, 0.2) is 25.3 Å². The fourth-order valence-electron chi connectivity index (χ4n) is 8.13. The van der Waals surface area contributed by atoms with E-state index in [9.17, 15) is 19.5 Å². The highest BCUT2D eigenvalue weighted by atomic mass is 16.6. The zero-order valence-corrected chi connectivity index (χ0v) is 27.1. The third-order valence-electron chi connectivity index (χ3n) is 9.54. The van der Waals surface area contributed by atoms with Crippen LogP contribution < -0.4 is 0 Å². The van der Waals surface area contributed by atoms with Gasteiger partial charge in [-0.05, 0) is 83.5 Å². The third-order valence-corrected chi connectivity index (χ3v) is 9.54. The Kier molecular flexibility index (Phi) is 11.1. The SMILES string of the molecule is C=CCCCCOC(=O)[C@@H]1[C@H]2C(=O)N(CCCCCO)C(C(=O)N(CC=C)C(C)(C)CC(C)(C)C)C23CC[C@@]1(CC)O3. The average molecular weight is 589 g/mol. The van der Waals surface area contributed by atoms with E-state index in [2.05, 4.69) is 47.8 Å². The Hall–Kier alpha value is -2.19. The summed E-state index contributed by atoms with van der Waals surface area (Å²) in [5, 5.41) is 9.32. The first-order valence-corrected chi connectivity index (χ1v) is 16.1. The van der Waals surface area contributed by atoms with Crippen molar-refractivity contribution in [3.8, 4) is 0 Å². The number of rotatable bonds is 17. The Morgan fingerprint density at radius 2 is 1.81 bits per heavy atom. The Bertz CT molecular complexity index is 1000. The minimum Gasteiger partial charge on any atom is -0.465 e. The van der Waals surface area contributed by atoms with Crippen molar-refractivity contribution >= 4 is 17.8 Å². The van der Waals surface area contributed by atoms with Crippen LogP contribution in [0.3, 0.4) is 0 Å². The van der Waals surface area contributed by atoms with Gasteiger partial charge in [0.25, 0.3) is 0 Å². The summed E-state index contributed by atoms with van der Waals surface area (Å²) >= 11 is 0. The number of hydrogen-bond acceptors (Lipinski definition) is 6. The van der Waals surface area contributed by atoms with Crippen LogP contribution >= 0.6 is 0 Å². The monoisotopic (exact) mass is 588 g/mol. The number of aliphatic hydroxyl groups excluding tert-OH is 1. The van der Waals surface area contributed by atoms with E-state index in [4.69, 9.17) is 9.47 Å². The number of hydrogen-bond donors (Lipinski definition) is 1. The van der Waals surface area contributed by atoms with E-state index in [1.807, 2.05) is 17.9 Å². The predicted molar refractivity (Wildman–Crippen MR) is 165 cm³/mol. The van der Waals surface area contributed by atoms with Crippen molar-refractivity contribution in [2.45, 2.75) is 129 Å². The summed E-state index contributed by atoms with van der Waals surface area (Å²) < 4.78 is 12.7. The van der Waals surface area contributed by atoms with Crippen molar-refractivity contribution in [1.29, 1.82) is 0 Å². The standard InChI is InChI=1S/C34H56N2O6/c1-9-12-13-17-23-41-30(40)26-25-28(38)35(21-15-14-16-22-37)27(34(25)19-18-33(26,11-3)42-34)29(39)36(20-10-2)32(7,8)24-31(4,5)6/h9-10,25-27,37H,1-2,11-24H2,3-8H3/t25-,26-,27?,33+,34?/m0/s1. The molecule has 1 N–H and O–H groups in total. The van der Waals surface area contributed by atoms with Crippen LogP contribution in [-0.2, 0) is 23.9 Å². The van der Waals surface area contributed by atoms with Gasteiger partial charge in [0.15, 0.2) is 0 Å². The number of ether oxygens (including phenoxy) is 2. The summed E-state index contributed by atoms with van der Waals surface area (Å²) in [5.74, 6) is -2.22. The number of nitrogens with zero attached hydrogens (tertiary/aromatic N) is 2. The number of carbonyl (C=O) groups excluding carboxylic acids is 3. The van der Waals surface area contributed by atoms with Crippen molar-refractivity contribution in [2.75, 3.05) is 26.3 Å². The maximum absolute atomic E-state index is 14.8. The van der Waals surface area contributed by atoms with Gasteiger partial charge in [-0.1, -0.05) is 39.8 Å². The molecule has 8 heteroatoms. The van der Waals surface area contributed by atoms with Gasteiger partial charge in [-0.25, -0.2) is 0 Å². The summed E-state index contributed by atoms with van der Waals surface area (Å²) in [5.41, 5.74) is -2.43. The second kappa shape index (κ2) is 13.6. The summed E-state index contributed by atoms with van der Waals surface area (Å²) in [6.07, 6.45) is 10.6. The normalized spacial score (nSPS) is 28.6. The van der Waals surface area contributed by atoms with Crippen LogP contribution in [0, 0.1) is 17.3 Å². The molecule has 0 radical (unpaired) electrons. The highest BCUT2D eigenvalue weighted by Gasteiger charge is 2.79. The van der Waals surface area contributed by atoms with E-state index in [0.29, 0.717) is 45.2 Å². The number of esters is 1. The highest BCUT2D eigenvalue weighted by molar-refractivity contribution is 5.98. The molecule has 1 spiro atoms. The molecule has 42 heavy (non-hydrogen) atoms. The number of carbonyl (C=O) groups is 3. The summed E-state index contributed by atoms with van der Waals surface area (Å²) in [7, 11) is 0. The van der Waals surface area contributed by atoms with E-state index in [0.717, 1.165) is 32.1 Å². The molecule has 3 aliphatic heterocycles. The second-order valence-electron chi connectivity index (χ2n) is 14.4. The van der Waals surface area contributed by atoms with Gasteiger partial charge >= 0.3 is 5.97 Å². The van der Waals surface area contributed by atoms with E-state index in [1.165, 1.54) is 0 Å². The molecule has 3 rings (SSSR count). The first kappa shape index (κ1) is 34.3. The van der Waals surface area contributed by atoms with Gasteiger partial charge < -0.3 is 24.4 Å². The Morgan fingerprint density at radius 3 is 2.40 bits per heavy atom. The zero-order chi connectivity index (χ0) is 31.3. The number of allylic oxidation sites excluding steroid dienone is 1. The Morgan fingerprint density at radius 1 is 1.10 bits per heavy atom. The second-order valence-corrected chi connectivity index (χ2v) is 14.4. The molecule has 2 amide bonds. The molecule has 0 aromatic rings. The van der Waals surface area contributed by atoms with Gasteiger partial charge in [0.1, 0.15) is 17.6 Å². The van der Waals surface area contributed by atoms with Crippen molar-refractivity contribution in [3.05, 3.63) is 25.3 Å². The summed E-state index contributed by atoms with van der Waals surface area (Å²) in [4.78, 5) is 46.5. The molecular formula is C34H56N2O6. The molecule has 3 aliphatic rings. The Balaban J connectivity index is 2.02. The quantitative estimate of drug-likeness (QED) is 0.138. The number of unbranched alkanes of at least 4 members (excludes halogenated alkanes) is 4. The van der Waals surface area contributed by atoms with Gasteiger partial charge in [0.05, 0.1) is 18.1 Å². The number of aliphatic hydroxyl groups is 1. The largest absolute Gasteiger partial charge is 0.465 e. The molecule has 3 heterocycles. The molecule has 3 fully saturated rings. The van der Waals surface area contributed by atoms with Gasteiger partial charge in [0.2, 0.25) is 11.8 Å². The molecule has 5 atom stereocenters. The van der Waals surface area contributed by atoms with Crippen LogP contribution in [-0.4, -0.2) is 81.8 Å². The maximum Gasteiger partial charge on any atom is 0.312 e. The Labute approximate surface area is 253 Å². The average Bonchev–Trinajstić information content (AvgIpc) is 3.51. The fourth-order valence-corrected chi connectivity index (χ4v) is 8.13. The topological polar surface area (TPSA) is 96.4 Å². The van der Waals surface area contributed by atoms with E-state index >= 15 is 0 Å². The number of likely N-dealkylation sites (tertiary alicyclic amines) is 1. The molecule has 0 saturated carbocycles. The highest BCUT2D eigenvalue weighted by Crippen LogP contribution is 2.64. The van der Waals surface area contributed by atoms with Crippen molar-refractivity contribution in [3.63, 3.8) is 0 Å². The summed E-state index contributed by atoms with van der Waals surface area (Å²) in [6.45, 7) is 21.4. The first-order chi connectivity index (χ1) is 19.7. The number of amides is 2. The van der Waals surface area contributed by atoms with E-state index in [-0.39, 0.29) is 36.4 Å². The van der Waals surface area contributed by atoms with Crippen molar-refractivity contribution in [1.82, 2.24) is 9.80 Å². The molecule has 3 saturated heterocycles. The molecule has 0 aliphatic carbocycles. The van der Waals surface area contributed by atoms with Crippen LogP contribution in [0.2, 0.25) is 0 Å². The minimum atomic E-state index is -1.08. The molecular weight excluding hydrogens is 532 g/mol. The maximum atomic E-state index is 14.8. The van der Waals surface area contributed by atoms with Gasteiger partial charge in [-0.15, -0.1) is 13.2 Å². The van der Waals surface area contributed by atoms with Crippen LogP contribution in [0.5, 0.6) is 0 Å². The third kappa shape index (κ3) is 6.64. The molecule has 2 unspecified atom stereocenters. The molecule has 2 bridgehead atoms. The fraction of sp³-hybridized carbons (Fsp3) is 0.794. The minimum absolute atomic E-state index is 0.0331. The lowest BCUT2D eigenvalue weighted by atomic mass is 9.65. The van der Waals surface area contributed by atoms with Crippen molar-refractivity contribution < 1.29 is 29.0 Å². The lowest BCUT2D eigenvalue weighted by Crippen LogP contribution is -2.61. The van der Waals surface area contributed by atoms with Gasteiger partial charge in [-0.3, -0.25) is 14.4 Å². The molecule has 0 aromatic carbocycles. The lowest BCUT2D eigenvalue weighted by molar-refractivity contribution is -0.163. The predicted octanol–water partition coefficient (Wildman–Crippen LogP) is 5.43. The molecule has 238 valence electrons.